The predicted octanol–water partition coefficient (Wildman–Crippen LogP) is 1.73. The van der Waals surface area contributed by atoms with E-state index in [1.807, 2.05) is 30.9 Å². The number of nitrogens with one attached hydrogen (secondary N) is 1. The normalized spacial score (nSPS) is 14.6. The summed E-state index contributed by atoms with van der Waals surface area (Å²) in [6.07, 6.45) is 1.53. The van der Waals surface area contributed by atoms with Gasteiger partial charge in [-0.15, -0.1) is 5.10 Å². The van der Waals surface area contributed by atoms with Crippen molar-refractivity contribution in [3.63, 3.8) is 0 Å². The Labute approximate surface area is 157 Å². The summed E-state index contributed by atoms with van der Waals surface area (Å²) in [5, 5.41) is 11.2. The van der Waals surface area contributed by atoms with Gasteiger partial charge >= 0.3 is 6.03 Å². The van der Waals surface area contributed by atoms with Gasteiger partial charge < -0.3 is 15.1 Å². The fourth-order valence-corrected chi connectivity index (χ4v) is 3.44. The van der Waals surface area contributed by atoms with Crippen LogP contribution in [0.2, 0.25) is 0 Å². The molecule has 140 valence electrons. The standard InChI is InChI=1S/C18H22N8O/c1-12-8-13(2)10-14(9-12)21-18(27)26-6-4-25(5-7-26)17-15-16(19-11-20-17)24(3)23-22-15/h8-11H,4-7H2,1-3H3,(H,21,27). The number of rotatable bonds is 2. The van der Waals surface area contributed by atoms with Crippen molar-refractivity contribution in [3.05, 3.63) is 35.7 Å². The third-order valence-corrected chi connectivity index (χ3v) is 4.71. The number of anilines is 2. The summed E-state index contributed by atoms with van der Waals surface area (Å²) in [5.74, 6) is 0.766. The van der Waals surface area contributed by atoms with Crippen LogP contribution in [0.25, 0.3) is 11.2 Å². The Balaban J connectivity index is 1.43. The van der Waals surface area contributed by atoms with E-state index in [0.717, 1.165) is 22.6 Å². The molecule has 0 unspecified atom stereocenters. The molecule has 0 aliphatic carbocycles. The van der Waals surface area contributed by atoms with Gasteiger partial charge in [0.2, 0.25) is 0 Å². The zero-order valence-electron chi connectivity index (χ0n) is 15.7. The number of fused-ring (bicyclic) bond motifs is 1. The molecule has 0 atom stereocenters. The van der Waals surface area contributed by atoms with Crippen LogP contribution in [0, 0.1) is 13.8 Å². The van der Waals surface area contributed by atoms with Gasteiger partial charge in [-0.05, 0) is 37.1 Å². The zero-order chi connectivity index (χ0) is 19.0. The number of piperazine rings is 1. The molecular formula is C18H22N8O. The van der Waals surface area contributed by atoms with E-state index < -0.39 is 0 Å². The molecule has 1 aliphatic rings. The third kappa shape index (κ3) is 3.40. The highest BCUT2D eigenvalue weighted by Crippen LogP contribution is 2.21. The van der Waals surface area contributed by atoms with Gasteiger partial charge in [0.25, 0.3) is 0 Å². The third-order valence-electron chi connectivity index (χ3n) is 4.71. The largest absolute Gasteiger partial charge is 0.351 e. The Bertz CT molecular complexity index is 970. The molecule has 1 N–H and O–H groups in total. The molecule has 3 aromatic rings. The maximum Gasteiger partial charge on any atom is 0.321 e. The molecule has 1 saturated heterocycles. The number of aryl methyl sites for hydroxylation is 3. The Morgan fingerprint density at radius 1 is 1.04 bits per heavy atom. The first-order valence-electron chi connectivity index (χ1n) is 8.91. The van der Waals surface area contributed by atoms with Crippen LogP contribution in [0.1, 0.15) is 11.1 Å². The molecular weight excluding hydrogens is 344 g/mol. The van der Waals surface area contributed by atoms with Crippen LogP contribution in [-0.4, -0.2) is 62.1 Å². The lowest BCUT2D eigenvalue weighted by Crippen LogP contribution is -2.50. The lowest BCUT2D eigenvalue weighted by atomic mass is 10.1. The van der Waals surface area contributed by atoms with Gasteiger partial charge in [-0.25, -0.2) is 19.4 Å². The minimum atomic E-state index is -0.0769. The molecule has 1 fully saturated rings. The first-order valence-corrected chi connectivity index (χ1v) is 8.91. The van der Waals surface area contributed by atoms with E-state index in [0.29, 0.717) is 37.3 Å². The number of benzene rings is 1. The first kappa shape index (κ1) is 17.2. The highest BCUT2D eigenvalue weighted by molar-refractivity contribution is 5.90. The van der Waals surface area contributed by atoms with Gasteiger partial charge in [0.05, 0.1) is 0 Å². The lowest BCUT2D eigenvalue weighted by molar-refractivity contribution is 0.208. The van der Waals surface area contributed by atoms with Crippen molar-refractivity contribution in [3.8, 4) is 0 Å². The molecule has 1 aromatic carbocycles. The van der Waals surface area contributed by atoms with Crippen molar-refractivity contribution in [1.82, 2.24) is 29.9 Å². The maximum absolute atomic E-state index is 12.6. The zero-order valence-corrected chi connectivity index (χ0v) is 15.7. The van der Waals surface area contributed by atoms with Crippen LogP contribution in [0.5, 0.6) is 0 Å². The number of hydrogen-bond acceptors (Lipinski definition) is 6. The number of carbonyl (C=O) groups excluding carboxylic acids is 1. The van der Waals surface area contributed by atoms with Crippen molar-refractivity contribution in [2.45, 2.75) is 13.8 Å². The van der Waals surface area contributed by atoms with Crippen LogP contribution in [-0.2, 0) is 7.05 Å². The quantitative estimate of drug-likeness (QED) is 0.743. The summed E-state index contributed by atoms with van der Waals surface area (Å²) in [7, 11) is 1.81. The Morgan fingerprint density at radius 2 is 1.74 bits per heavy atom. The highest BCUT2D eigenvalue weighted by atomic mass is 16.2. The summed E-state index contributed by atoms with van der Waals surface area (Å²) >= 11 is 0. The molecule has 9 heteroatoms. The second kappa shape index (κ2) is 6.82. The monoisotopic (exact) mass is 366 g/mol. The van der Waals surface area contributed by atoms with E-state index in [9.17, 15) is 4.79 Å². The van der Waals surface area contributed by atoms with Gasteiger partial charge in [-0.1, -0.05) is 11.3 Å². The van der Waals surface area contributed by atoms with E-state index in [-0.39, 0.29) is 6.03 Å². The van der Waals surface area contributed by atoms with Crippen LogP contribution in [0.3, 0.4) is 0 Å². The van der Waals surface area contributed by atoms with Gasteiger partial charge in [-0.3, -0.25) is 0 Å². The van der Waals surface area contributed by atoms with Crippen molar-refractivity contribution in [2.24, 2.45) is 7.05 Å². The Hall–Kier alpha value is -3.23. The molecule has 0 bridgehead atoms. The summed E-state index contributed by atoms with van der Waals surface area (Å²) in [6.45, 7) is 6.64. The molecule has 1 aliphatic heterocycles. The van der Waals surface area contributed by atoms with Crippen LogP contribution < -0.4 is 10.2 Å². The van der Waals surface area contributed by atoms with Gasteiger partial charge in [0, 0.05) is 38.9 Å². The highest BCUT2D eigenvalue weighted by Gasteiger charge is 2.24. The van der Waals surface area contributed by atoms with Crippen LogP contribution >= 0.6 is 0 Å². The number of carbonyl (C=O) groups is 1. The van der Waals surface area contributed by atoms with Crippen molar-refractivity contribution in [2.75, 3.05) is 36.4 Å². The van der Waals surface area contributed by atoms with Crippen LogP contribution in [0.4, 0.5) is 16.3 Å². The smallest absolute Gasteiger partial charge is 0.321 e. The van der Waals surface area contributed by atoms with Gasteiger partial charge in [0.1, 0.15) is 6.33 Å². The van der Waals surface area contributed by atoms with Crippen molar-refractivity contribution in [1.29, 1.82) is 0 Å². The minimum Gasteiger partial charge on any atom is -0.351 e. The van der Waals surface area contributed by atoms with Crippen LogP contribution in [0.15, 0.2) is 24.5 Å². The Morgan fingerprint density at radius 3 is 2.44 bits per heavy atom. The van der Waals surface area contributed by atoms with E-state index in [1.165, 1.54) is 6.33 Å². The molecule has 9 nitrogen and oxygen atoms in total. The van der Waals surface area contributed by atoms with Crippen molar-refractivity contribution < 1.29 is 4.79 Å². The van der Waals surface area contributed by atoms with E-state index in [2.05, 4.69) is 36.6 Å². The summed E-state index contributed by atoms with van der Waals surface area (Å²) in [6, 6.07) is 5.97. The average molecular weight is 366 g/mol. The number of hydrogen-bond donors (Lipinski definition) is 1. The van der Waals surface area contributed by atoms with Gasteiger partial charge in [0.15, 0.2) is 17.0 Å². The minimum absolute atomic E-state index is 0.0769. The first-order chi connectivity index (χ1) is 13.0. The SMILES string of the molecule is Cc1cc(C)cc(NC(=O)N2CCN(c3ncnc4c3nnn4C)CC2)c1. The average Bonchev–Trinajstić information content (AvgIpc) is 3.02. The lowest BCUT2D eigenvalue weighted by Gasteiger charge is -2.35. The second-order valence-electron chi connectivity index (χ2n) is 6.86. The van der Waals surface area contributed by atoms with E-state index in [4.69, 9.17) is 0 Å². The molecule has 3 heterocycles. The number of aromatic nitrogens is 5. The Kier molecular flexibility index (Phi) is 4.35. The predicted molar refractivity (Wildman–Crippen MR) is 103 cm³/mol. The molecule has 0 radical (unpaired) electrons. The number of amides is 2. The second-order valence-corrected chi connectivity index (χ2v) is 6.86. The molecule has 2 amide bonds. The molecule has 27 heavy (non-hydrogen) atoms. The number of nitrogens with zero attached hydrogens (tertiary/aromatic N) is 7. The van der Waals surface area contributed by atoms with E-state index >= 15 is 0 Å². The summed E-state index contributed by atoms with van der Waals surface area (Å²) in [4.78, 5) is 25.1. The fourth-order valence-electron chi connectivity index (χ4n) is 3.44. The topological polar surface area (TPSA) is 92.1 Å². The summed E-state index contributed by atoms with van der Waals surface area (Å²) in [5.41, 5.74) is 4.49. The van der Waals surface area contributed by atoms with Crippen molar-refractivity contribution >= 4 is 28.7 Å². The van der Waals surface area contributed by atoms with Gasteiger partial charge in [-0.2, -0.15) is 0 Å². The fraction of sp³-hybridized carbons (Fsp3) is 0.389. The van der Waals surface area contributed by atoms with E-state index in [1.54, 1.807) is 11.7 Å². The maximum atomic E-state index is 12.6. The molecule has 0 saturated carbocycles. The summed E-state index contributed by atoms with van der Waals surface area (Å²) < 4.78 is 1.63. The number of urea groups is 1. The molecule has 0 spiro atoms. The molecule has 4 rings (SSSR count). The molecule has 2 aromatic heterocycles.